The standard InChI is InChI=1S/C6H14O13P2/c7-1-2(8)3(9)4(10)5(6(11)12)18-21(16,17)19-20(13,14)15/h2-5,7-10H,1H2,(H,11,12)(H,16,17)(H2,13,14,15)/t2-,3-,4+,5-/m1/s1. The zero-order chi connectivity index (χ0) is 17.0. The Kier molecular flexibility index (Phi) is 7.56. The van der Waals surface area contributed by atoms with Gasteiger partial charge in [0.1, 0.15) is 18.3 Å². The first-order valence-corrected chi connectivity index (χ1v) is 7.99. The highest BCUT2D eigenvalue weighted by Crippen LogP contribution is 2.58. The van der Waals surface area contributed by atoms with Gasteiger partial charge in [-0.05, 0) is 0 Å². The molecule has 0 amide bonds. The molecule has 0 aromatic carbocycles. The first-order chi connectivity index (χ1) is 9.30. The summed E-state index contributed by atoms with van der Waals surface area (Å²) >= 11 is 0. The van der Waals surface area contributed by atoms with E-state index in [1.165, 1.54) is 0 Å². The van der Waals surface area contributed by atoms with E-state index in [9.17, 15) is 24.1 Å². The molecule has 0 radical (unpaired) electrons. The van der Waals surface area contributed by atoms with Gasteiger partial charge in [0.05, 0.1) is 6.61 Å². The molecular weight excluding hydrogens is 342 g/mol. The number of carboxylic acid groups (broad SMARTS) is 1. The molecule has 0 aromatic heterocycles. The fourth-order valence-electron chi connectivity index (χ4n) is 1.07. The summed E-state index contributed by atoms with van der Waals surface area (Å²) in [5.41, 5.74) is 0. The summed E-state index contributed by atoms with van der Waals surface area (Å²) in [5.74, 6) is -2.12. The third-order valence-corrected chi connectivity index (χ3v) is 4.11. The Morgan fingerprint density at radius 3 is 1.86 bits per heavy atom. The van der Waals surface area contributed by atoms with Crippen LogP contribution in [0.25, 0.3) is 0 Å². The Morgan fingerprint density at radius 1 is 1.05 bits per heavy atom. The van der Waals surface area contributed by atoms with Crippen LogP contribution < -0.4 is 0 Å². The minimum atomic E-state index is -5.62. The van der Waals surface area contributed by atoms with Gasteiger partial charge in [-0.25, -0.2) is 13.9 Å². The molecule has 0 spiro atoms. The molecule has 1 unspecified atom stereocenters. The maximum atomic E-state index is 11.2. The molecule has 0 bridgehead atoms. The van der Waals surface area contributed by atoms with Gasteiger partial charge in [0.2, 0.25) is 0 Å². The number of aliphatic hydroxyl groups is 4. The molecule has 0 aliphatic rings. The molecule has 0 saturated heterocycles. The highest BCUT2D eigenvalue weighted by Gasteiger charge is 2.43. The molecule has 8 N–H and O–H groups in total. The number of phosphoric ester groups is 1. The Hall–Kier alpha value is -0.430. The van der Waals surface area contributed by atoms with Crippen LogP contribution >= 0.6 is 15.6 Å². The lowest BCUT2D eigenvalue weighted by molar-refractivity contribution is -0.162. The van der Waals surface area contributed by atoms with Crippen molar-refractivity contribution in [2.45, 2.75) is 24.4 Å². The predicted octanol–water partition coefficient (Wildman–Crippen LogP) is -3.26. The number of hydrogen-bond donors (Lipinski definition) is 8. The minimum Gasteiger partial charge on any atom is -0.479 e. The van der Waals surface area contributed by atoms with E-state index in [0.29, 0.717) is 0 Å². The van der Waals surface area contributed by atoms with E-state index >= 15 is 0 Å². The van der Waals surface area contributed by atoms with Gasteiger partial charge in [0, 0.05) is 0 Å². The predicted molar refractivity (Wildman–Crippen MR) is 60.6 cm³/mol. The average Bonchev–Trinajstić information content (AvgIpc) is 2.29. The number of carbonyl (C=O) groups is 1. The molecule has 126 valence electrons. The van der Waals surface area contributed by atoms with Crippen molar-refractivity contribution in [1.29, 1.82) is 0 Å². The van der Waals surface area contributed by atoms with Crippen molar-refractivity contribution in [1.82, 2.24) is 0 Å². The molecule has 21 heavy (non-hydrogen) atoms. The Bertz CT molecular complexity index is 444. The topological polar surface area (TPSA) is 232 Å². The lowest BCUT2D eigenvalue weighted by Gasteiger charge is -2.27. The SMILES string of the molecule is O=C(O)[C@H](OP(=O)(O)OP(=O)(O)O)[C@@H](O)[C@H](O)[C@H](O)CO. The molecule has 0 aliphatic carbocycles. The fourth-order valence-corrected chi connectivity index (χ4v) is 2.80. The molecular formula is C6H14O13P2. The van der Waals surface area contributed by atoms with Crippen molar-refractivity contribution in [3.8, 4) is 0 Å². The van der Waals surface area contributed by atoms with E-state index in [1.807, 2.05) is 0 Å². The summed E-state index contributed by atoms with van der Waals surface area (Å²) < 4.78 is 28.7. The van der Waals surface area contributed by atoms with Gasteiger partial charge in [-0.15, -0.1) is 0 Å². The van der Waals surface area contributed by atoms with E-state index in [4.69, 9.17) is 30.0 Å². The summed E-state index contributed by atoms with van der Waals surface area (Å²) in [5, 5.41) is 44.9. The second kappa shape index (κ2) is 7.72. The lowest BCUT2D eigenvalue weighted by Crippen LogP contribution is -2.49. The van der Waals surface area contributed by atoms with Crippen LogP contribution in [-0.2, 0) is 22.8 Å². The second-order valence-corrected chi connectivity index (χ2v) is 6.42. The van der Waals surface area contributed by atoms with Gasteiger partial charge in [0.25, 0.3) is 0 Å². The smallest absolute Gasteiger partial charge is 0.479 e. The van der Waals surface area contributed by atoms with Gasteiger partial charge >= 0.3 is 21.6 Å². The van der Waals surface area contributed by atoms with Crippen LogP contribution in [-0.4, -0.2) is 77.2 Å². The van der Waals surface area contributed by atoms with Crippen LogP contribution in [0.5, 0.6) is 0 Å². The third-order valence-electron chi connectivity index (χ3n) is 1.94. The van der Waals surface area contributed by atoms with Crippen molar-refractivity contribution in [2.75, 3.05) is 6.61 Å². The normalized spacial score (nSPS) is 21.1. The Morgan fingerprint density at radius 2 is 1.52 bits per heavy atom. The molecule has 0 aliphatic heterocycles. The van der Waals surface area contributed by atoms with Crippen LogP contribution in [0.4, 0.5) is 0 Å². The number of carboxylic acids is 1. The molecule has 0 fully saturated rings. The van der Waals surface area contributed by atoms with Gasteiger partial charge in [-0.2, -0.15) is 4.31 Å². The first kappa shape index (κ1) is 20.6. The summed E-state index contributed by atoms with van der Waals surface area (Å²) in [6.07, 6.45) is -9.52. The first-order valence-electron chi connectivity index (χ1n) is 4.96. The van der Waals surface area contributed by atoms with E-state index in [1.54, 1.807) is 0 Å². The van der Waals surface area contributed by atoms with E-state index in [-0.39, 0.29) is 0 Å². The van der Waals surface area contributed by atoms with Crippen molar-refractivity contribution < 1.29 is 63.0 Å². The highest BCUT2D eigenvalue weighted by atomic mass is 31.3. The number of aliphatic carboxylic acids is 1. The molecule has 0 saturated carbocycles. The van der Waals surface area contributed by atoms with Crippen LogP contribution in [0, 0.1) is 0 Å². The molecule has 0 heterocycles. The van der Waals surface area contributed by atoms with Gasteiger partial charge < -0.3 is 40.2 Å². The number of aliphatic hydroxyl groups excluding tert-OH is 4. The molecule has 15 heteroatoms. The van der Waals surface area contributed by atoms with Crippen molar-refractivity contribution in [2.24, 2.45) is 0 Å². The van der Waals surface area contributed by atoms with Crippen LogP contribution in [0.2, 0.25) is 0 Å². The van der Waals surface area contributed by atoms with Crippen LogP contribution in [0.3, 0.4) is 0 Å². The summed E-state index contributed by atoms with van der Waals surface area (Å²) in [4.78, 5) is 36.4. The van der Waals surface area contributed by atoms with Crippen molar-refractivity contribution in [3.63, 3.8) is 0 Å². The van der Waals surface area contributed by atoms with Gasteiger partial charge in [-0.3, -0.25) is 4.52 Å². The van der Waals surface area contributed by atoms with E-state index in [2.05, 4.69) is 8.83 Å². The fraction of sp³-hybridized carbons (Fsp3) is 0.833. The minimum absolute atomic E-state index is 1.08. The third kappa shape index (κ3) is 7.40. The maximum Gasteiger partial charge on any atom is 0.482 e. The lowest BCUT2D eigenvalue weighted by atomic mass is 10.0. The zero-order valence-corrected chi connectivity index (χ0v) is 11.8. The zero-order valence-electron chi connectivity index (χ0n) is 10.0. The summed E-state index contributed by atoms with van der Waals surface area (Å²) in [6.45, 7) is -1.08. The maximum absolute atomic E-state index is 11.2. The largest absolute Gasteiger partial charge is 0.482 e. The van der Waals surface area contributed by atoms with E-state index in [0.717, 1.165) is 0 Å². The van der Waals surface area contributed by atoms with Gasteiger partial charge in [0.15, 0.2) is 6.10 Å². The molecule has 0 aromatic rings. The summed E-state index contributed by atoms with van der Waals surface area (Å²) in [7, 11) is -11.1. The number of rotatable bonds is 9. The average molecular weight is 356 g/mol. The van der Waals surface area contributed by atoms with Crippen molar-refractivity contribution >= 4 is 21.6 Å². The van der Waals surface area contributed by atoms with Crippen LogP contribution in [0.15, 0.2) is 0 Å². The van der Waals surface area contributed by atoms with Crippen LogP contribution in [0.1, 0.15) is 0 Å². The van der Waals surface area contributed by atoms with Crippen molar-refractivity contribution in [3.05, 3.63) is 0 Å². The Balaban J connectivity index is 5.13. The molecule has 0 rings (SSSR count). The Labute approximate surface area is 116 Å². The molecule has 5 atom stereocenters. The van der Waals surface area contributed by atoms with E-state index < -0.39 is 52.6 Å². The monoisotopic (exact) mass is 356 g/mol. The quantitative estimate of drug-likeness (QED) is 0.190. The number of hydrogen-bond acceptors (Lipinski definition) is 9. The highest BCUT2D eigenvalue weighted by molar-refractivity contribution is 7.60. The summed E-state index contributed by atoms with van der Waals surface area (Å²) in [6, 6.07) is 0. The second-order valence-electron chi connectivity index (χ2n) is 3.64. The molecule has 13 nitrogen and oxygen atoms in total. The van der Waals surface area contributed by atoms with Gasteiger partial charge in [-0.1, -0.05) is 0 Å². The number of phosphoric acid groups is 2.